The van der Waals surface area contributed by atoms with Crippen LogP contribution in [-0.2, 0) is 4.79 Å². The van der Waals surface area contributed by atoms with Crippen LogP contribution in [0.25, 0.3) is 0 Å². The number of aliphatic carboxylic acids is 1. The summed E-state index contributed by atoms with van der Waals surface area (Å²) in [6.45, 7) is 2.27. The number of carbonyl (C=O) groups is 2. The van der Waals surface area contributed by atoms with Crippen molar-refractivity contribution in [1.29, 1.82) is 5.26 Å². The molecule has 1 atom stereocenters. The number of nitriles is 1. The van der Waals surface area contributed by atoms with Gasteiger partial charge in [-0.15, -0.1) is 0 Å². The van der Waals surface area contributed by atoms with Gasteiger partial charge in [0.1, 0.15) is 0 Å². The van der Waals surface area contributed by atoms with Crippen molar-refractivity contribution >= 4 is 17.7 Å². The molecule has 0 heterocycles. The van der Waals surface area contributed by atoms with Crippen LogP contribution < -0.4 is 10.6 Å². The van der Waals surface area contributed by atoms with Gasteiger partial charge in [-0.3, -0.25) is 4.79 Å². The van der Waals surface area contributed by atoms with E-state index in [1.165, 1.54) is 0 Å². The average Bonchev–Trinajstić information content (AvgIpc) is 2.43. The molecule has 0 bridgehead atoms. The van der Waals surface area contributed by atoms with Gasteiger partial charge in [0, 0.05) is 18.7 Å². The fourth-order valence-electron chi connectivity index (χ4n) is 1.58. The highest BCUT2D eigenvalue weighted by molar-refractivity contribution is 5.89. The van der Waals surface area contributed by atoms with Crippen molar-refractivity contribution in [3.63, 3.8) is 0 Å². The monoisotopic (exact) mass is 275 g/mol. The van der Waals surface area contributed by atoms with Crippen LogP contribution in [0.15, 0.2) is 24.3 Å². The molecule has 6 nitrogen and oxygen atoms in total. The molecule has 2 amide bonds. The van der Waals surface area contributed by atoms with Crippen molar-refractivity contribution in [2.24, 2.45) is 5.92 Å². The second kappa shape index (κ2) is 7.79. The molecule has 0 saturated heterocycles. The molecular formula is C14H17N3O3. The molecule has 0 radical (unpaired) electrons. The number of benzene rings is 1. The molecule has 0 aliphatic heterocycles. The van der Waals surface area contributed by atoms with Crippen LogP contribution in [0.3, 0.4) is 0 Å². The van der Waals surface area contributed by atoms with Gasteiger partial charge in [0.2, 0.25) is 0 Å². The summed E-state index contributed by atoms with van der Waals surface area (Å²) < 4.78 is 0. The van der Waals surface area contributed by atoms with Crippen molar-refractivity contribution in [2.75, 3.05) is 11.9 Å². The molecule has 1 aromatic carbocycles. The maximum atomic E-state index is 11.6. The molecule has 1 unspecified atom stereocenters. The first-order valence-electron chi connectivity index (χ1n) is 6.28. The highest BCUT2D eigenvalue weighted by atomic mass is 16.4. The van der Waals surface area contributed by atoms with Gasteiger partial charge in [0.05, 0.1) is 11.6 Å². The number of carboxylic acid groups (broad SMARTS) is 1. The Labute approximate surface area is 117 Å². The minimum atomic E-state index is -0.838. The van der Waals surface area contributed by atoms with Gasteiger partial charge in [-0.05, 0) is 30.5 Å². The molecule has 1 rings (SSSR count). The fraction of sp³-hybridized carbons (Fsp3) is 0.357. The number of carbonyl (C=O) groups excluding carboxylic acids is 1. The van der Waals surface area contributed by atoms with Crippen LogP contribution in [0.5, 0.6) is 0 Å². The zero-order chi connectivity index (χ0) is 15.0. The van der Waals surface area contributed by atoms with Crippen LogP contribution in [0.4, 0.5) is 10.5 Å². The third-order valence-electron chi connectivity index (χ3n) is 2.71. The number of urea groups is 1. The zero-order valence-corrected chi connectivity index (χ0v) is 11.2. The Morgan fingerprint density at radius 2 is 2.20 bits per heavy atom. The summed E-state index contributed by atoms with van der Waals surface area (Å²) >= 11 is 0. The summed E-state index contributed by atoms with van der Waals surface area (Å²) in [5, 5.41) is 22.6. The molecule has 1 aromatic rings. The number of anilines is 1. The van der Waals surface area contributed by atoms with Crippen LogP contribution in [0, 0.1) is 17.2 Å². The molecular weight excluding hydrogens is 258 g/mol. The second-order valence-corrected chi connectivity index (χ2v) is 4.57. The van der Waals surface area contributed by atoms with E-state index in [9.17, 15) is 9.59 Å². The van der Waals surface area contributed by atoms with E-state index in [1.807, 2.05) is 13.0 Å². The minimum Gasteiger partial charge on any atom is -0.481 e. The summed E-state index contributed by atoms with van der Waals surface area (Å²) in [5.41, 5.74) is 1.01. The Morgan fingerprint density at radius 1 is 1.45 bits per heavy atom. The van der Waals surface area contributed by atoms with Crippen LogP contribution in [0.1, 0.15) is 25.3 Å². The third kappa shape index (κ3) is 5.87. The molecule has 0 saturated carbocycles. The van der Waals surface area contributed by atoms with Crippen LogP contribution >= 0.6 is 0 Å². The fourth-order valence-corrected chi connectivity index (χ4v) is 1.58. The van der Waals surface area contributed by atoms with E-state index in [4.69, 9.17) is 10.4 Å². The normalized spacial score (nSPS) is 11.2. The molecule has 106 valence electrons. The average molecular weight is 275 g/mol. The molecule has 0 fully saturated rings. The van der Waals surface area contributed by atoms with Crippen LogP contribution in [0.2, 0.25) is 0 Å². The number of nitrogens with zero attached hydrogens (tertiary/aromatic N) is 1. The highest BCUT2D eigenvalue weighted by Gasteiger charge is 2.08. The lowest BCUT2D eigenvalue weighted by Crippen LogP contribution is -2.32. The number of carboxylic acids is 1. The SMILES string of the molecule is CC(CCC(=O)O)CNC(=O)Nc1cccc(C#N)c1. The number of hydrogen-bond acceptors (Lipinski definition) is 3. The van der Waals surface area contributed by atoms with E-state index >= 15 is 0 Å². The Balaban J connectivity index is 2.36. The smallest absolute Gasteiger partial charge is 0.319 e. The molecule has 6 heteroatoms. The summed E-state index contributed by atoms with van der Waals surface area (Å²) in [4.78, 5) is 22.1. The first-order chi connectivity index (χ1) is 9.51. The van der Waals surface area contributed by atoms with Gasteiger partial charge in [0.15, 0.2) is 0 Å². The predicted molar refractivity (Wildman–Crippen MR) is 74.2 cm³/mol. The third-order valence-corrected chi connectivity index (χ3v) is 2.71. The minimum absolute atomic E-state index is 0.0855. The van der Waals surface area contributed by atoms with Gasteiger partial charge in [-0.25, -0.2) is 4.79 Å². The summed E-state index contributed by atoms with van der Waals surface area (Å²) in [7, 11) is 0. The van der Waals surface area contributed by atoms with Crippen molar-refractivity contribution in [2.45, 2.75) is 19.8 Å². The highest BCUT2D eigenvalue weighted by Crippen LogP contribution is 2.09. The standard InChI is InChI=1S/C14H17N3O3/c1-10(5-6-13(18)19)9-16-14(20)17-12-4-2-3-11(7-12)8-15/h2-4,7,10H,5-6,9H2,1H3,(H,18,19)(H2,16,17,20). The van der Waals surface area contributed by atoms with Crippen molar-refractivity contribution in [1.82, 2.24) is 5.32 Å². The van der Waals surface area contributed by atoms with E-state index in [-0.39, 0.29) is 18.4 Å². The lowest BCUT2D eigenvalue weighted by molar-refractivity contribution is -0.137. The summed E-state index contributed by atoms with van der Waals surface area (Å²) in [5.74, 6) is -0.753. The Morgan fingerprint density at radius 3 is 2.85 bits per heavy atom. The molecule has 0 aliphatic carbocycles. The molecule has 3 N–H and O–H groups in total. The second-order valence-electron chi connectivity index (χ2n) is 4.57. The van der Waals surface area contributed by atoms with E-state index in [0.717, 1.165) is 0 Å². The first kappa shape index (κ1) is 15.5. The number of nitrogens with one attached hydrogen (secondary N) is 2. The maximum Gasteiger partial charge on any atom is 0.319 e. The molecule has 0 aliphatic rings. The quantitative estimate of drug-likeness (QED) is 0.740. The van der Waals surface area contributed by atoms with Gasteiger partial charge in [-0.1, -0.05) is 13.0 Å². The van der Waals surface area contributed by atoms with E-state index < -0.39 is 5.97 Å². The zero-order valence-electron chi connectivity index (χ0n) is 11.2. The van der Waals surface area contributed by atoms with Gasteiger partial charge in [-0.2, -0.15) is 5.26 Å². The lowest BCUT2D eigenvalue weighted by Gasteiger charge is -2.12. The lowest BCUT2D eigenvalue weighted by atomic mass is 10.1. The van der Waals surface area contributed by atoms with Gasteiger partial charge in [0.25, 0.3) is 0 Å². The molecule has 20 heavy (non-hydrogen) atoms. The van der Waals surface area contributed by atoms with Crippen LogP contribution in [-0.4, -0.2) is 23.7 Å². The van der Waals surface area contributed by atoms with E-state index in [1.54, 1.807) is 24.3 Å². The van der Waals surface area contributed by atoms with E-state index in [0.29, 0.717) is 24.2 Å². The largest absolute Gasteiger partial charge is 0.481 e. The topological polar surface area (TPSA) is 102 Å². The number of rotatable bonds is 6. The summed E-state index contributed by atoms with van der Waals surface area (Å²) in [6.07, 6.45) is 0.605. The van der Waals surface area contributed by atoms with Gasteiger partial charge >= 0.3 is 12.0 Å². The van der Waals surface area contributed by atoms with Crippen molar-refractivity contribution < 1.29 is 14.7 Å². The number of amides is 2. The first-order valence-corrected chi connectivity index (χ1v) is 6.28. The Hall–Kier alpha value is -2.55. The molecule has 0 spiro atoms. The van der Waals surface area contributed by atoms with Crippen molar-refractivity contribution in [3.8, 4) is 6.07 Å². The predicted octanol–water partition coefficient (Wildman–Crippen LogP) is 2.18. The van der Waals surface area contributed by atoms with Crippen molar-refractivity contribution in [3.05, 3.63) is 29.8 Å². The molecule has 0 aromatic heterocycles. The maximum absolute atomic E-state index is 11.6. The Bertz CT molecular complexity index is 523. The number of hydrogen-bond donors (Lipinski definition) is 3. The van der Waals surface area contributed by atoms with Gasteiger partial charge < -0.3 is 15.7 Å². The van der Waals surface area contributed by atoms with E-state index in [2.05, 4.69) is 10.6 Å². The Kier molecular flexibility index (Phi) is 6.04. The summed E-state index contributed by atoms with van der Waals surface area (Å²) in [6, 6.07) is 8.22.